The summed E-state index contributed by atoms with van der Waals surface area (Å²) in [6.07, 6.45) is 2.93. The molecule has 0 spiro atoms. The zero-order valence-electron chi connectivity index (χ0n) is 23.4. The van der Waals surface area contributed by atoms with E-state index >= 15 is 0 Å². The van der Waals surface area contributed by atoms with E-state index in [-0.39, 0.29) is 30.3 Å². The maximum absolute atomic E-state index is 13.6. The number of halogens is 3. The van der Waals surface area contributed by atoms with E-state index in [9.17, 15) is 18.0 Å². The van der Waals surface area contributed by atoms with Crippen LogP contribution in [0, 0.1) is 6.92 Å². The number of carbonyl (C=O) groups excluding carboxylic acids is 1. The summed E-state index contributed by atoms with van der Waals surface area (Å²) in [5.41, 5.74) is 0.208. The first-order valence-corrected chi connectivity index (χ1v) is 12.5. The monoisotopic (exact) mass is 511 g/mol. The van der Waals surface area contributed by atoms with Gasteiger partial charge in [0.1, 0.15) is 11.4 Å². The van der Waals surface area contributed by atoms with Gasteiger partial charge in [0.2, 0.25) is 11.9 Å². The molecule has 0 atom stereocenters. The van der Waals surface area contributed by atoms with E-state index in [0.29, 0.717) is 63.2 Å². The van der Waals surface area contributed by atoms with E-state index in [1.165, 1.54) is 4.90 Å². The van der Waals surface area contributed by atoms with Crippen LogP contribution in [-0.2, 0) is 11.0 Å². The lowest BCUT2D eigenvalue weighted by Gasteiger charge is -2.28. The van der Waals surface area contributed by atoms with Gasteiger partial charge in [-0.25, -0.2) is 4.98 Å². The lowest BCUT2D eigenvalue weighted by Crippen LogP contribution is -2.32. The topological polar surface area (TPSA) is 91.2 Å². The lowest BCUT2D eigenvalue weighted by atomic mass is 10.1. The first-order valence-electron chi connectivity index (χ1n) is 14.0. The molecule has 2 aromatic rings. The van der Waals surface area contributed by atoms with Crippen LogP contribution in [0.15, 0.2) is 12.4 Å². The molecule has 2 aromatic heterocycles. The Morgan fingerprint density at radius 2 is 2.00 bits per heavy atom. The molecule has 2 N–H and O–H groups in total. The second kappa shape index (κ2) is 11.4. The van der Waals surface area contributed by atoms with Gasteiger partial charge in [-0.15, -0.1) is 0 Å². The van der Waals surface area contributed by atoms with Gasteiger partial charge in [-0.3, -0.25) is 9.48 Å². The Balaban J connectivity index is 1.40. The lowest BCUT2D eigenvalue weighted by molar-refractivity contribution is -0.137. The summed E-state index contributed by atoms with van der Waals surface area (Å²) in [6, 6.07) is 0.0136. The van der Waals surface area contributed by atoms with Crippen molar-refractivity contribution in [3.05, 3.63) is 23.7 Å². The first-order chi connectivity index (χ1) is 18.4. The standard InChI is InChI=1S/C24H35F3N8O/c1-17-20(16-35(32-17)18-8-13-33(2)14-9-18)30-23-29-15-19(24(25,26)27)22(31-23)28-10-6-12-34-11-5-3-4-7-21(34)36/h15-16,18H,3-14H2,1-2H3,(H2,28,29,30,31)/i2D3. The normalized spacial score (nSPS) is 19.9. The Kier molecular flexibility index (Phi) is 7.10. The molecule has 0 unspecified atom stereocenters. The van der Waals surface area contributed by atoms with E-state index in [1.54, 1.807) is 22.7 Å². The predicted molar refractivity (Wildman–Crippen MR) is 131 cm³/mol. The van der Waals surface area contributed by atoms with Crippen molar-refractivity contribution < 1.29 is 22.1 Å². The molecule has 9 nitrogen and oxygen atoms in total. The molecule has 12 heteroatoms. The van der Waals surface area contributed by atoms with Gasteiger partial charge in [-0.1, -0.05) is 6.42 Å². The number of piperidine rings is 1. The molecule has 2 saturated heterocycles. The van der Waals surface area contributed by atoms with Crippen LogP contribution in [0.5, 0.6) is 0 Å². The molecule has 0 saturated carbocycles. The average molecular weight is 512 g/mol. The van der Waals surface area contributed by atoms with Gasteiger partial charge >= 0.3 is 6.18 Å². The van der Waals surface area contributed by atoms with E-state index < -0.39 is 18.7 Å². The zero-order chi connectivity index (χ0) is 28.2. The van der Waals surface area contributed by atoms with Crippen molar-refractivity contribution >= 4 is 23.4 Å². The SMILES string of the molecule is [2H]C([2H])([2H])N1CCC(n2cc(Nc3ncc(C(F)(F)F)c(NCCCN4CCCCCC4=O)n3)c(C)n2)CC1. The van der Waals surface area contributed by atoms with E-state index in [0.717, 1.165) is 25.5 Å². The van der Waals surface area contributed by atoms with Gasteiger partial charge in [0.15, 0.2) is 0 Å². The van der Waals surface area contributed by atoms with E-state index in [2.05, 4.69) is 25.7 Å². The number of amides is 1. The number of nitrogens with one attached hydrogen (secondary N) is 2. The third-order valence-corrected chi connectivity index (χ3v) is 6.66. The maximum atomic E-state index is 13.6. The van der Waals surface area contributed by atoms with Crippen molar-refractivity contribution in [2.45, 2.75) is 64.1 Å². The van der Waals surface area contributed by atoms with Gasteiger partial charge in [-0.05, 0) is 59.1 Å². The number of anilines is 3. The Morgan fingerprint density at radius 3 is 2.75 bits per heavy atom. The Bertz CT molecular complexity index is 1130. The Morgan fingerprint density at radius 1 is 1.19 bits per heavy atom. The molecule has 0 aromatic carbocycles. The molecule has 2 aliphatic heterocycles. The minimum atomic E-state index is -4.63. The fourth-order valence-electron chi connectivity index (χ4n) is 4.58. The number of hydrogen-bond acceptors (Lipinski definition) is 7. The number of hydrogen-bond donors (Lipinski definition) is 2. The van der Waals surface area contributed by atoms with Crippen LogP contribution in [0.25, 0.3) is 0 Å². The molecule has 1 amide bonds. The molecule has 0 radical (unpaired) electrons. The smallest absolute Gasteiger partial charge is 0.369 e. The van der Waals surface area contributed by atoms with E-state index in [1.807, 2.05) is 0 Å². The molecule has 0 bridgehead atoms. The fourth-order valence-corrected chi connectivity index (χ4v) is 4.58. The van der Waals surface area contributed by atoms with Crippen LogP contribution in [0.2, 0.25) is 0 Å². The number of carbonyl (C=O) groups is 1. The molecular weight excluding hydrogens is 473 g/mol. The highest BCUT2D eigenvalue weighted by atomic mass is 19.4. The summed E-state index contributed by atoms with van der Waals surface area (Å²) in [5, 5.41) is 10.3. The van der Waals surface area contributed by atoms with Crippen molar-refractivity contribution in [1.82, 2.24) is 29.5 Å². The van der Waals surface area contributed by atoms with Crippen molar-refractivity contribution in [3.63, 3.8) is 0 Å². The molecular formula is C24H35F3N8O. The number of likely N-dealkylation sites (tertiary alicyclic amines) is 2. The van der Waals surface area contributed by atoms with E-state index in [4.69, 9.17) is 4.11 Å². The Labute approximate surface area is 213 Å². The second-order valence-electron chi connectivity index (χ2n) is 9.38. The molecule has 36 heavy (non-hydrogen) atoms. The number of alkyl halides is 3. The third-order valence-electron chi connectivity index (χ3n) is 6.66. The van der Waals surface area contributed by atoms with Crippen LogP contribution in [0.4, 0.5) is 30.6 Å². The molecule has 198 valence electrons. The van der Waals surface area contributed by atoms with Crippen molar-refractivity contribution in [2.75, 3.05) is 50.3 Å². The largest absolute Gasteiger partial charge is 0.421 e. The highest BCUT2D eigenvalue weighted by molar-refractivity contribution is 5.76. The van der Waals surface area contributed by atoms with Crippen LogP contribution >= 0.6 is 0 Å². The van der Waals surface area contributed by atoms with Gasteiger partial charge < -0.3 is 20.4 Å². The number of rotatable bonds is 8. The number of nitrogens with zero attached hydrogens (tertiary/aromatic N) is 6. The van der Waals surface area contributed by atoms with Crippen LogP contribution < -0.4 is 10.6 Å². The number of aryl methyl sites for hydroxylation is 1. The van der Waals surface area contributed by atoms with Gasteiger partial charge in [0.05, 0.1) is 17.4 Å². The number of aromatic nitrogens is 4. The Hall–Kier alpha value is -2.89. The summed E-state index contributed by atoms with van der Waals surface area (Å²) in [7, 11) is 0. The zero-order valence-corrected chi connectivity index (χ0v) is 20.4. The molecule has 4 heterocycles. The average Bonchev–Trinajstić information content (AvgIpc) is 3.10. The molecule has 4 rings (SSSR count). The summed E-state index contributed by atoms with van der Waals surface area (Å²) < 4.78 is 65.4. The van der Waals surface area contributed by atoms with Crippen LogP contribution in [-0.4, -0.2) is 75.2 Å². The minimum absolute atomic E-state index is 0.00642. The predicted octanol–water partition coefficient (Wildman–Crippen LogP) is 4.22. The highest BCUT2D eigenvalue weighted by Crippen LogP contribution is 2.34. The first kappa shape index (κ1) is 22.3. The van der Waals surface area contributed by atoms with Crippen molar-refractivity contribution in [2.24, 2.45) is 0 Å². The van der Waals surface area contributed by atoms with Crippen molar-refractivity contribution in [1.29, 1.82) is 0 Å². The highest BCUT2D eigenvalue weighted by Gasteiger charge is 2.35. The quantitative estimate of drug-likeness (QED) is 0.513. The second-order valence-corrected chi connectivity index (χ2v) is 9.38. The summed E-state index contributed by atoms with van der Waals surface area (Å²) in [5.74, 6) is -0.243. The van der Waals surface area contributed by atoms with Gasteiger partial charge in [-0.2, -0.15) is 23.3 Å². The molecule has 2 fully saturated rings. The van der Waals surface area contributed by atoms with Gasteiger partial charge in [0.25, 0.3) is 0 Å². The van der Waals surface area contributed by atoms with Crippen LogP contribution in [0.1, 0.15) is 66.4 Å². The maximum Gasteiger partial charge on any atom is 0.421 e. The summed E-state index contributed by atoms with van der Waals surface area (Å²) in [4.78, 5) is 23.4. The fraction of sp³-hybridized carbons (Fsp3) is 0.667. The summed E-state index contributed by atoms with van der Waals surface area (Å²) in [6.45, 7) is 1.87. The van der Waals surface area contributed by atoms with Crippen LogP contribution in [0.3, 0.4) is 0 Å². The molecule has 0 aliphatic carbocycles. The summed E-state index contributed by atoms with van der Waals surface area (Å²) >= 11 is 0. The minimum Gasteiger partial charge on any atom is -0.369 e. The van der Waals surface area contributed by atoms with Crippen molar-refractivity contribution in [3.8, 4) is 0 Å². The third kappa shape index (κ3) is 6.65. The molecule has 2 aliphatic rings. The van der Waals surface area contributed by atoms with Gasteiger partial charge in [0, 0.05) is 42.6 Å².